The number of ketones is 1. The van der Waals surface area contributed by atoms with E-state index < -0.39 is 23.7 Å². The number of hydrogen-bond acceptors (Lipinski definition) is 7. The molecule has 0 radical (unpaired) electrons. The number of likely N-dealkylation sites (tertiary alicyclic amines) is 1. The zero-order valence-corrected chi connectivity index (χ0v) is 21.1. The predicted octanol–water partition coefficient (Wildman–Crippen LogP) is 4.59. The number of aliphatic hydroxyl groups excluding tert-OH is 1. The number of aromatic nitrogens is 1. The Morgan fingerprint density at radius 2 is 1.84 bits per heavy atom. The lowest BCUT2D eigenvalue weighted by Gasteiger charge is -2.25. The van der Waals surface area contributed by atoms with Gasteiger partial charge in [0.05, 0.1) is 30.4 Å². The van der Waals surface area contributed by atoms with Gasteiger partial charge in [-0.3, -0.25) is 14.6 Å². The zero-order valence-electron chi connectivity index (χ0n) is 21.1. The summed E-state index contributed by atoms with van der Waals surface area (Å²) in [5, 5.41) is 11.3. The fourth-order valence-electron chi connectivity index (χ4n) is 4.33. The molecule has 1 amide bonds. The van der Waals surface area contributed by atoms with Crippen molar-refractivity contribution in [1.82, 2.24) is 9.88 Å². The Bertz CT molecular complexity index is 1360. The first-order chi connectivity index (χ1) is 17.7. The molecule has 0 spiro atoms. The fourth-order valence-corrected chi connectivity index (χ4v) is 4.33. The van der Waals surface area contributed by atoms with Crippen LogP contribution in [0.1, 0.15) is 52.5 Å². The van der Waals surface area contributed by atoms with Crippen molar-refractivity contribution in [3.05, 3.63) is 100 Å². The van der Waals surface area contributed by atoms with Crippen molar-refractivity contribution in [3.8, 4) is 5.75 Å². The van der Waals surface area contributed by atoms with Gasteiger partial charge < -0.3 is 19.5 Å². The van der Waals surface area contributed by atoms with E-state index in [9.17, 15) is 19.5 Å². The van der Waals surface area contributed by atoms with Crippen LogP contribution in [0.3, 0.4) is 0 Å². The van der Waals surface area contributed by atoms with Gasteiger partial charge in [0, 0.05) is 24.5 Å². The van der Waals surface area contributed by atoms with Crippen molar-refractivity contribution in [2.45, 2.75) is 39.5 Å². The lowest BCUT2D eigenvalue weighted by molar-refractivity contribution is -0.140. The van der Waals surface area contributed by atoms with Crippen LogP contribution in [0.4, 0.5) is 0 Å². The van der Waals surface area contributed by atoms with Crippen LogP contribution in [0.2, 0.25) is 0 Å². The van der Waals surface area contributed by atoms with E-state index in [-0.39, 0.29) is 24.0 Å². The van der Waals surface area contributed by atoms with Crippen LogP contribution < -0.4 is 4.74 Å². The second-order valence-corrected chi connectivity index (χ2v) is 9.05. The van der Waals surface area contributed by atoms with Crippen molar-refractivity contribution < 1.29 is 29.0 Å². The van der Waals surface area contributed by atoms with Gasteiger partial charge in [-0.15, -0.1) is 0 Å². The van der Waals surface area contributed by atoms with Gasteiger partial charge in [0.25, 0.3) is 11.7 Å². The van der Waals surface area contributed by atoms with Crippen LogP contribution in [0.5, 0.6) is 5.75 Å². The smallest absolute Gasteiger partial charge is 0.338 e. The number of methoxy groups -OCH3 is 1. The monoisotopic (exact) mass is 500 g/mol. The summed E-state index contributed by atoms with van der Waals surface area (Å²) >= 11 is 0. The van der Waals surface area contributed by atoms with E-state index in [1.807, 2.05) is 0 Å². The molecule has 0 saturated carbocycles. The van der Waals surface area contributed by atoms with E-state index in [1.54, 1.807) is 94.9 Å². The van der Waals surface area contributed by atoms with Crippen molar-refractivity contribution >= 4 is 23.4 Å². The maximum absolute atomic E-state index is 13.3. The van der Waals surface area contributed by atoms with Crippen LogP contribution >= 0.6 is 0 Å². The molecule has 1 unspecified atom stereocenters. The molecular formula is C29H28N2O6. The summed E-state index contributed by atoms with van der Waals surface area (Å²) in [5.41, 5.74) is 2.79. The van der Waals surface area contributed by atoms with Crippen molar-refractivity contribution in [1.29, 1.82) is 0 Å². The molecule has 37 heavy (non-hydrogen) atoms. The molecule has 8 nitrogen and oxygen atoms in total. The third-order valence-electron chi connectivity index (χ3n) is 6.11. The maximum Gasteiger partial charge on any atom is 0.338 e. The Hall–Kier alpha value is -4.46. The number of nitrogens with zero attached hydrogens (tertiary/aromatic N) is 2. The average Bonchev–Trinajstić information content (AvgIpc) is 3.13. The molecule has 1 aliphatic heterocycles. The van der Waals surface area contributed by atoms with Crippen LogP contribution in [-0.2, 0) is 20.9 Å². The highest BCUT2D eigenvalue weighted by Gasteiger charge is 2.46. The molecule has 1 atom stereocenters. The second-order valence-electron chi connectivity index (χ2n) is 9.05. The Morgan fingerprint density at radius 3 is 2.43 bits per heavy atom. The quantitative estimate of drug-likeness (QED) is 0.219. The van der Waals surface area contributed by atoms with Gasteiger partial charge in [-0.05, 0) is 73.9 Å². The van der Waals surface area contributed by atoms with Gasteiger partial charge in [-0.1, -0.05) is 18.2 Å². The molecule has 3 aromatic rings. The van der Waals surface area contributed by atoms with E-state index in [0.717, 1.165) is 0 Å². The predicted molar refractivity (Wildman–Crippen MR) is 137 cm³/mol. The minimum atomic E-state index is -0.846. The molecule has 0 bridgehead atoms. The van der Waals surface area contributed by atoms with E-state index in [2.05, 4.69) is 4.98 Å². The third kappa shape index (κ3) is 5.23. The van der Waals surface area contributed by atoms with E-state index in [4.69, 9.17) is 9.47 Å². The molecule has 2 heterocycles. The molecule has 1 saturated heterocycles. The van der Waals surface area contributed by atoms with Gasteiger partial charge in [0.2, 0.25) is 0 Å². The van der Waals surface area contributed by atoms with Gasteiger partial charge >= 0.3 is 5.97 Å². The minimum absolute atomic E-state index is 0.0107. The van der Waals surface area contributed by atoms with Gasteiger partial charge in [0.15, 0.2) is 0 Å². The summed E-state index contributed by atoms with van der Waals surface area (Å²) in [6.45, 7) is 5.42. The van der Waals surface area contributed by atoms with Crippen molar-refractivity contribution in [3.63, 3.8) is 0 Å². The highest BCUT2D eigenvalue weighted by atomic mass is 16.5. The number of rotatable bonds is 7. The van der Waals surface area contributed by atoms with Crippen LogP contribution in [0.25, 0.3) is 5.76 Å². The Balaban J connectivity index is 1.74. The zero-order chi connectivity index (χ0) is 26.7. The number of Topliss-reactive ketones (excluding diaryl/α,β-unsaturated/α-hetero) is 1. The number of ether oxygens (including phenoxy) is 2. The van der Waals surface area contributed by atoms with Crippen molar-refractivity contribution in [2.24, 2.45) is 0 Å². The van der Waals surface area contributed by atoms with E-state index in [0.29, 0.717) is 33.6 Å². The highest BCUT2D eigenvalue weighted by molar-refractivity contribution is 6.46. The highest BCUT2D eigenvalue weighted by Crippen LogP contribution is 2.40. The largest absolute Gasteiger partial charge is 0.507 e. The van der Waals surface area contributed by atoms with Gasteiger partial charge in [0.1, 0.15) is 11.5 Å². The molecule has 1 fully saturated rings. The minimum Gasteiger partial charge on any atom is -0.507 e. The molecule has 0 aliphatic carbocycles. The first kappa shape index (κ1) is 25.6. The average molecular weight is 501 g/mol. The summed E-state index contributed by atoms with van der Waals surface area (Å²) in [6, 6.07) is 14.4. The third-order valence-corrected chi connectivity index (χ3v) is 6.11. The number of esters is 1. The Labute approximate surface area is 215 Å². The molecule has 1 aliphatic rings. The number of amides is 1. The standard InChI is InChI=1S/C29H28N2O6/c1-17(2)37-29(35)20-9-7-19(8-10-20)16-31-25(21-6-5-13-30-15-21)24(27(33)28(31)34)26(32)23-12-11-22(36-4)14-18(23)3/h5-15,17,25,32H,16H2,1-4H3/b26-24-. The van der Waals surface area contributed by atoms with Gasteiger partial charge in [-0.2, -0.15) is 0 Å². The molecule has 4 rings (SSSR count). The number of carbonyl (C=O) groups excluding carboxylic acids is 3. The van der Waals surface area contributed by atoms with Crippen molar-refractivity contribution in [2.75, 3.05) is 7.11 Å². The topological polar surface area (TPSA) is 106 Å². The number of pyridine rings is 1. The van der Waals surface area contributed by atoms with E-state index >= 15 is 0 Å². The summed E-state index contributed by atoms with van der Waals surface area (Å²) < 4.78 is 10.5. The Kier molecular flexibility index (Phi) is 7.38. The van der Waals surface area contributed by atoms with Crippen LogP contribution in [0.15, 0.2) is 72.6 Å². The summed E-state index contributed by atoms with van der Waals surface area (Å²) in [5.74, 6) is -1.60. The Morgan fingerprint density at radius 1 is 1.11 bits per heavy atom. The first-order valence-electron chi connectivity index (χ1n) is 11.8. The number of hydrogen-bond donors (Lipinski definition) is 1. The van der Waals surface area contributed by atoms with Crippen LogP contribution in [0, 0.1) is 6.92 Å². The molecule has 1 aromatic heterocycles. The summed E-state index contributed by atoms with van der Waals surface area (Å²) in [7, 11) is 1.54. The lowest BCUT2D eigenvalue weighted by Crippen LogP contribution is -2.29. The molecule has 190 valence electrons. The number of carbonyl (C=O) groups is 3. The first-order valence-corrected chi connectivity index (χ1v) is 11.8. The number of aryl methyl sites for hydroxylation is 1. The molecule has 8 heteroatoms. The second kappa shape index (κ2) is 10.7. The maximum atomic E-state index is 13.3. The number of benzene rings is 2. The molecule has 2 aromatic carbocycles. The lowest BCUT2D eigenvalue weighted by atomic mass is 9.94. The summed E-state index contributed by atoms with van der Waals surface area (Å²) in [4.78, 5) is 44.3. The van der Waals surface area contributed by atoms with Gasteiger partial charge in [-0.25, -0.2) is 4.79 Å². The normalized spacial score (nSPS) is 16.8. The molecule has 1 N–H and O–H groups in total. The van der Waals surface area contributed by atoms with Crippen LogP contribution in [-0.4, -0.2) is 45.9 Å². The number of aliphatic hydroxyl groups is 1. The van der Waals surface area contributed by atoms with E-state index in [1.165, 1.54) is 4.90 Å². The summed E-state index contributed by atoms with van der Waals surface area (Å²) in [6.07, 6.45) is 2.92. The fraction of sp³-hybridized carbons (Fsp3) is 0.241. The molecular weight excluding hydrogens is 472 g/mol. The SMILES string of the molecule is COc1ccc(/C(O)=C2/C(=O)C(=O)N(Cc3ccc(C(=O)OC(C)C)cc3)C2c2cccnc2)c(C)c1.